The van der Waals surface area contributed by atoms with Gasteiger partial charge in [-0.25, -0.2) is 0 Å². The lowest BCUT2D eigenvalue weighted by Crippen LogP contribution is -2.30. The van der Waals surface area contributed by atoms with Crippen LogP contribution in [-0.2, 0) is 6.54 Å². The Morgan fingerprint density at radius 2 is 2.44 bits per heavy atom. The van der Waals surface area contributed by atoms with Crippen LogP contribution in [0.15, 0.2) is 6.07 Å². The van der Waals surface area contributed by atoms with Crippen LogP contribution in [0.4, 0.5) is 0 Å². The summed E-state index contributed by atoms with van der Waals surface area (Å²) in [6.07, 6.45) is 2.00. The second-order valence-electron chi connectivity index (χ2n) is 4.55. The van der Waals surface area contributed by atoms with Crippen molar-refractivity contribution in [1.82, 2.24) is 15.1 Å². The largest absolute Gasteiger partial charge is 0.348 e. The van der Waals surface area contributed by atoms with Crippen molar-refractivity contribution >= 4 is 5.91 Å². The summed E-state index contributed by atoms with van der Waals surface area (Å²) >= 11 is 0. The zero-order valence-corrected chi connectivity index (χ0v) is 9.73. The van der Waals surface area contributed by atoms with E-state index in [9.17, 15) is 4.79 Å². The molecule has 0 radical (unpaired) electrons. The van der Waals surface area contributed by atoms with Gasteiger partial charge in [-0.05, 0) is 32.8 Å². The summed E-state index contributed by atoms with van der Waals surface area (Å²) in [7, 11) is 0. The molecule has 1 aromatic heterocycles. The van der Waals surface area contributed by atoms with Gasteiger partial charge in [0.2, 0.25) is 0 Å². The molecular weight excluding hydrogens is 204 g/mol. The van der Waals surface area contributed by atoms with Gasteiger partial charge < -0.3 is 11.1 Å². The van der Waals surface area contributed by atoms with Gasteiger partial charge >= 0.3 is 0 Å². The molecule has 3 N–H and O–H groups in total. The number of hydrogen-bond donors (Lipinski definition) is 2. The molecular formula is C11H18N4O. The van der Waals surface area contributed by atoms with E-state index in [2.05, 4.69) is 10.4 Å². The van der Waals surface area contributed by atoms with Crippen molar-refractivity contribution in [3.63, 3.8) is 0 Å². The number of hydrogen-bond acceptors (Lipinski definition) is 3. The molecule has 88 valence electrons. The van der Waals surface area contributed by atoms with E-state index in [0.29, 0.717) is 5.69 Å². The lowest BCUT2D eigenvalue weighted by molar-refractivity contribution is 0.0937. The third kappa shape index (κ3) is 2.09. The molecule has 0 saturated carbocycles. The maximum atomic E-state index is 11.8. The predicted octanol–water partition coefficient (Wildman–Crippen LogP) is 0.815. The molecule has 1 atom stereocenters. The van der Waals surface area contributed by atoms with Gasteiger partial charge in [-0.1, -0.05) is 0 Å². The van der Waals surface area contributed by atoms with Gasteiger partial charge in [0.15, 0.2) is 5.69 Å². The maximum Gasteiger partial charge on any atom is 0.271 e. The van der Waals surface area contributed by atoms with E-state index in [1.165, 1.54) is 0 Å². The minimum atomic E-state index is -0.121. The molecule has 16 heavy (non-hydrogen) atoms. The van der Waals surface area contributed by atoms with Crippen LogP contribution in [0.2, 0.25) is 0 Å². The first-order valence-electron chi connectivity index (χ1n) is 5.72. The van der Waals surface area contributed by atoms with Crippen LogP contribution < -0.4 is 11.1 Å². The summed E-state index contributed by atoms with van der Waals surface area (Å²) in [6, 6.07) is 1.95. The third-order valence-electron chi connectivity index (χ3n) is 2.73. The zero-order valence-electron chi connectivity index (χ0n) is 9.73. The lowest BCUT2D eigenvalue weighted by Gasteiger charge is -2.19. The van der Waals surface area contributed by atoms with Crippen LogP contribution in [0, 0.1) is 0 Å². The molecule has 5 heteroatoms. The number of carbonyl (C=O) groups excluding carboxylic acids is 1. The number of amides is 1. The maximum absolute atomic E-state index is 11.8. The minimum Gasteiger partial charge on any atom is -0.348 e. The van der Waals surface area contributed by atoms with Crippen molar-refractivity contribution in [2.24, 2.45) is 5.73 Å². The summed E-state index contributed by atoms with van der Waals surface area (Å²) in [6.45, 7) is 4.72. The highest BCUT2D eigenvalue weighted by Crippen LogP contribution is 2.22. The monoisotopic (exact) mass is 222 g/mol. The highest BCUT2D eigenvalue weighted by Gasteiger charge is 2.21. The first kappa shape index (κ1) is 11.1. The number of nitrogens with zero attached hydrogens (tertiary/aromatic N) is 2. The minimum absolute atomic E-state index is 0.0156. The molecule has 0 saturated heterocycles. The number of fused-ring (bicyclic) bond motifs is 1. The SMILES string of the molecule is CC(C)NC(=O)c1cc2n(n1)CCCC2N. The smallest absolute Gasteiger partial charge is 0.271 e. The van der Waals surface area contributed by atoms with Crippen LogP contribution >= 0.6 is 0 Å². The second-order valence-corrected chi connectivity index (χ2v) is 4.55. The van der Waals surface area contributed by atoms with Crippen molar-refractivity contribution in [3.8, 4) is 0 Å². The summed E-state index contributed by atoms with van der Waals surface area (Å²) in [5.41, 5.74) is 7.41. The van der Waals surface area contributed by atoms with Gasteiger partial charge in [0.1, 0.15) is 0 Å². The number of carbonyl (C=O) groups is 1. The Bertz CT molecular complexity index is 397. The fourth-order valence-electron chi connectivity index (χ4n) is 1.96. The normalized spacial score (nSPS) is 19.6. The molecule has 0 fully saturated rings. The van der Waals surface area contributed by atoms with Crippen molar-refractivity contribution in [1.29, 1.82) is 0 Å². The van der Waals surface area contributed by atoms with Gasteiger partial charge in [0, 0.05) is 18.6 Å². The molecule has 2 heterocycles. The molecule has 1 amide bonds. The van der Waals surface area contributed by atoms with E-state index in [-0.39, 0.29) is 18.0 Å². The quantitative estimate of drug-likeness (QED) is 0.778. The molecule has 1 aromatic rings. The highest BCUT2D eigenvalue weighted by molar-refractivity contribution is 5.92. The van der Waals surface area contributed by atoms with Crippen molar-refractivity contribution in [2.75, 3.05) is 0 Å². The number of nitrogens with one attached hydrogen (secondary N) is 1. The molecule has 0 aliphatic carbocycles. The first-order chi connectivity index (χ1) is 7.58. The number of rotatable bonds is 2. The number of aryl methyl sites for hydroxylation is 1. The van der Waals surface area contributed by atoms with E-state index < -0.39 is 0 Å². The Kier molecular flexibility index (Phi) is 2.96. The number of nitrogens with two attached hydrogens (primary N) is 1. The fourth-order valence-corrected chi connectivity index (χ4v) is 1.96. The third-order valence-corrected chi connectivity index (χ3v) is 2.73. The van der Waals surface area contributed by atoms with Gasteiger partial charge in [0.05, 0.1) is 5.69 Å². The summed E-state index contributed by atoms with van der Waals surface area (Å²) in [5.74, 6) is -0.121. The standard InChI is InChI=1S/C11H18N4O/c1-7(2)13-11(16)9-6-10-8(12)4-3-5-15(10)14-9/h6-8H,3-5,12H2,1-2H3,(H,13,16). The molecule has 5 nitrogen and oxygen atoms in total. The van der Waals surface area contributed by atoms with Crippen LogP contribution in [0.3, 0.4) is 0 Å². The van der Waals surface area contributed by atoms with Crippen LogP contribution in [0.5, 0.6) is 0 Å². The van der Waals surface area contributed by atoms with Crippen LogP contribution in [-0.4, -0.2) is 21.7 Å². The van der Waals surface area contributed by atoms with E-state index in [1.54, 1.807) is 0 Å². The topological polar surface area (TPSA) is 72.9 Å². The molecule has 1 aliphatic heterocycles. The van der Waals surface area contributed by atoms with Crippen molar-refractivity contribution in [2.45, 2.75) is 45.3 Å². The van der Waals surface area contributed by atoms with E-state index >= 15 is 0 Å². The van der Waals surface area contributed by atoms with Gasteiger partial charge in [-0.2, -0.15) is 5.10 Å². The first-order valence-corrected chi connectivity index (χ1v) is 5.72. The highest BCUT2D eigenvalue weighted by atomic mass is 16.2. The summed E-state index contributed by atoms with van der Waals surface area (Å²) in [5, 5.41) is 7.11. The Morgan fingerprint density at radius 3 is 3.06 bits per heavy atom. The predicted molar refractivity (Wildman–Crippen MR) is 61.0 cm³/mol. The molecule has 2 rings (SSSR count). The Morgan fingerprint density at radius 1 is 1.69 bits per heavy atom. The van der Waals surface area contributed by atoms with E-state index in [4.69, 9.17) is 5.73 Å². The van der Waals surface area contributed by atoms with E-state index in [1.807, 2.05) is 24.6 Å². The Labute approximate surface area is 95.0 Å². The van der Waals surface area contributed by atoms with Crippen molar-refractivity contribution < 1.29 is 4.79 Å². The molecule has 0 spiro atoms. The molecule has 1 unspecified atom stereocenters. The van der Waals surface area contributed by atoms with Gasteiger partial charge in [-0.15, -0.1) is 0 Å². The van der Waals surface area contributed by atoms with Crippen LogP contribution in [0.25, 0.3) is 0 Å². The lowest BCUT2D eigenvalue weighted by atomic mass is 10.1. The molecule has 1 aliphatic rings. The zero-order chi connectivity index (χ0) is 11.7. The van der Waals surface area contributed by atoms with Gasteiger partial charge in [0.25, 0.3) is 5.91 Å². The van der Waals surface area contributed by atoms with E-state index in [0.717, 1.165) is 25.1 Å². The summed E-state index contributed by atoms with van der Waals surface area (Å²) < 4.78 is 1.85. The number of aromatic nitrogens is 2. The second kappa shape index (κ2) is 4.25. The average molecular weight is 222 g/mol. The van der Waals surface area contributed by atoms with Crippen LogP contribution in [0.1, 0.15) is 48.9 Å². The fraction of sp³-hybridized carbons (Fsp3) is 0.636. The van der Waals surface area contributed by atoms with Gasteiger partial charge in [-0.3, -0.25) is 9.48 Å². The average Bonchev–Trinajstić information content (AvgIpc) is 2.61. The van der Waals surface area contributed by atoms with Crippen molar-refractivity contribution in [3.05, 3.63) is 17.5 Å². The Balaban J connectivity index is 2.21. The molecule has 0 bridgehead atoms. The Hall–Kier alpha value is -1.36. The summed E-state index contributed by atoms with van der Waals surface area (Å²) in [4.78, 5) is 11.8. The molecule has 0 aromatic carbocycles.